The van der Waals surface area contributed by atoms with Gasteiger partial charge in [-0.05, 0) is 18.3 Å². The van der Waals surface area contributed by atoms with E-state index in [1.165, 1.54) is 25.7 Å². The number of hydrogen-bond acceptors (Lipinski definition) is 0. The van der Waals surface area contributed by atoms with Gasteiger partial charge in [0.15, 0.2) is 0 Å². The van der Waals surface area contributed by atoms with E-state index in [9.17, 15) is 0 Å². The SMILES string of the molecule is CC[C@H]1CC[C@H](C)C1.II. The molecule has 0 heterocycles. The molecule has 2 atom stereocenters. The summed E-state index contributed by atoms with van der Waals surface area (Å²) in [5.74, 6) is 2.10. The van der Waals surface area contributed by atoms with Crippen molar-refractivity contribution in [1.82, 2.24) is 0 Å². The van der Waals surface area contributed by atoms with Crippen molar-refractivity contribution < 1.29 is 0 Å². The van der Waals surface area contributed by atoms with Crippen LogP contribution in [-0.4, -0.2) is 0 Å². The van der Waals surface area contributed by atoms with E-state index in [0.717, 1.165) is 11.8 Å². The number of hydrogen-bond donors (Lipinski definition) is 0. The summed E-state index contributed by atoms with van der Waals surface area (Å²) < 4.78 is 0. The largest absolute Gasteiger partial charge is 0.0651 e. The van der Waals surface area contributed by atoms with Gasteiger partial charge in [0.05, 0.1) is 0 Å². The van der Waals surface area contributed by atoms with Gasteiger partial charge in [-0.1, -0.05) is 33.1 Å². The number of rotatable bonds is 1. The van der Waals surface area contributed by atoms with Crippen molar-refractivity contribution in [2.24, 2.45) is 11.8 Å². The zero-order valence-corrected chi connectivity index (χ0v) is 11.1. The molecule has 1 fully saturated rings. The van der Waals surface area contributed by atoms with Crippen molar-refractivity contribution in [3.05, 3.63) is 0 Å². The highest BCUT2D eigenvalue weighted by molar-refractivity contribution is 15.0. The summed E-state index contributed by atoms with van der Waals surface area (Å²) in [5, 5.41) is 0. The molecule has 0 bridgehead atoms. The lowest BCUT2D eigenvalue weighted by atomic mass is 10.0. The molecule has 0 saturated heterocycles. The third kappa shape index (κ3) is 4.36. The molecule has 0 spiro atoms. The molecule has 0 nitrogen and oxygen atoms in total. The summed E-state index contributed by atoms with van der Waals surface area (Å²) >= 11 is 4.24. The molecule has 1 rings (SSSR count). The summed E-state index contributed by atoms with van der Waals surface area (Å²) in [5.41, 5.74) is 0. The van der Waals surface area contributed by atoms with E-state index in [0.29, 0.717) is 0 Å². The van der Waals surface area contributed by atoms with E-state index in [-0.39, 0.29) is 0 Å². The van der Waals surface area contributed by atoms with Crippen molar-refractivity contribution >= 4 is 37.2 Å². The van der Waals surface area contributed by atoms with Crippen LogP contribution in [0.3, 0.4) is 0 Å². The Balaban J connectivity index is 0.000000371. The molecule has 0 radical (unpaired) electrons. The second-order valence-corrected chi connectivity index (χ2v) is 3.19. The average molecular weight is 366 g/mol. The van der Waals surface area contributed by atoms with Crippen LogP contribution in [0.15, 0.2) is 0 Å². The van der Waals surface area contributed by atoms with Crippen molar-refractivity contribution in [1.29, 1.82) is 0 Å². The normalized spacial score (nSPS) is 31.2. The highest BCUT2D eigenvalue weighted by atomic mass is 128. The standard InChI is InChI=1S/C8H16.I2/c1-3-8-5-4-7(2)6-8;1-2/h7-8H,3-6H2,1-2H3;/t7-,8-;/m0./s1. The topological polar surface area (TPSA) is 0 Å². The van der Waals surface area contributed by atoms with Crippen molar-refractivity contribution in [2.75, 3.05) is 0 Å². The molecule has 0 aromatic carbocycles. The third-order valence-electron chi connectivity index (χ3n) is 2.38. The van der Waals surface area contributed by atoms with E-state index in [1.807, 2.05) is 0 Å². The Hall–Kier alpha value is 1.46. The molecule has 1 aliphatic rings. The van der Waals surface area contributed by atoms with Gasteiger partial charge in [-0.3, -0.25) is 0 Å². The lowest BCUT2D eigenvalue weighted by Gasteiger charge is -2.02. The van der Waals surface area contributed by atoms with Crippen LogP contribution in [0, 0.1) is 11.8 Å². The van der Waals surface area contributed by atoms with Crippen LogP contribution in [0.25, 0.3) is 0 Å². The summed E-state index contributed by atoms with van der Waals surface area (Å²) in [4.78, 5) is 0. The maximum atomic E-state index is 2.37. The lowest BCUT2D eigenvalue weighted by molar-refractivity contribution is 0.501. The van der Waals surface area contributed by atoms with Gasteiger partial charge in [0.1, 0.15) is 0 Å². The summed E-state index contributed by atoms with van der Waals surface area (Å²) in [7, 11) is 0. The highest BCUT2D eigenvalue weighted by Crippen LogP contribution is 2.31. The fourth-order valence-electron chi connectivity index (χ4n) is 1.70. The van der Waals surface area contributed by atoms with Crippen LogP contribution in [0.1, 0.15) is 39.5 Å². The molecule has 2 heteroatoms. The Kier molecular flexibility index (Phi) is 8.17. The zero-order valence-electron chi connectivity index (χ0n) is 6.74. The fourth-order valence-corrected chi connectivity index (χ4v) is 1.70. The van der Waals surface area contributed by atoms with Crippen LogP contribution in [0.2, 0.25) is 0 Å². The minimum Gasteiger partial charge on any atom is -0.0651 e. The average Bonchev–Trinajstić information content (AvgIpc) is 2.40. The van der Waals surface area contributed by atoms with Gasteiger partial charge in [0.25, 0.3) is 0 Å². The van der Waals surface area contributed by atoms with Crippen molar-refractivity contribution in [3.8, 4) is 0 Å². The predicted molar refractivity (Wildman–Crippen MR) is 64.8 cm³/mol. The van der Waals surface area contributed by atoms with E-state index >= 15 is 0 Å². The van der Waals surface area contributed by atoms with Crippen LogP contribution in [0.4, 0.5) is 0 Å². The minimum absolute atomic E-state index is 1.03. The molecular formula is C8H16I2. The van der Waals surface area contributed by atoms with Gasteiger partial charge in [0.2, 0.25) is 0 Å². The van der Waals surface area contributed by atoms with Crippen molar-refractivity contribution in [3.63, 3.8) is 0 Å². The van der Waals surface area contributed by atoms with Gasteiger partial charge in [-0.15, -0.1) is 0 Å². The first-order valence-corrected chi connectivity index (χ1v) is 10.3. The first-order chi connectivity index (χ1) is 4.83. The first kappa shape index (κ1) is 11.5. The fraction of sp³-hybridized carbons (Fsp3) is 1.00. The molecule has 0 N–H and O–H groups in total. The Bertz CT molecular complexity index is 73.7. The first-order valence-electron chi connectivity index (χ1n) is 3.97. The Morgan fingerprint density at radius 1 is 1.30 bits per heavy atom. The number of halogens is 2. The monoisotopic (exact) mass is 366 g/mol. The van der Waals surface area contributed by atoms with E-state index < -0.39 is 0 Å². The van der Waals surface area contributed by atoms with Gasteiger partial charge in [-0.2, -0.15) is 0 Å². The molecular weight excluding hydrogens is 350 g/mol. The Labute approximate surface area is 87.9 Å². The molecule has 0 aliphatic heterocycles. The molecule has 0 unspecified atom stereocenters. The van der Waals surface area contributed by atoms with Crippen LogP contribution in [-0.2, 0) is 0 Å². The summed E-state index contributed by atoms with van der Waals surface area (Å²) in [6.07, 6.45) is 5.89. The Morgan fingerprint density at radius 2 is 1.90 bits per heavy atom. The molecule has 62 valence electrons. The quantitative estimate of drug-likeness (QED) is 0.595. The van der Waals surface area contributed by atoms with Gasteiger partial charge < -0.3 is 0 Å². The lowest BCUT2D eigenvalue weighted by Crippen LogP contribution is -1.89. The zero-order chi connectivity index (χ0) is 7.98. The minimum atomic E-state index is 1.03. The maximum absolute atomic E-state index is 2.37. The molecule has 0 aromatic rings. The van der Waals surface area contributed by atoms with Crippen LogP contribution < -0.4 is 0 Å². The Morgan fingerprint density at radius 3 is 2.10 bits per heavy atom. The molecule has 1 aliphatic carbocycles. The molecule has 1 saturated carbocycles. The van der Waals surface area contributed by atoms with Gasteiger partial charge in [-0.25, -0.2) is 0 Å². The highest BCUT2D eigenvalue weighted by Gasteiger charge is 2.18. The third-order valence-corrected chi connectivity index (χ3v) is 2.38. The van der Waals surface area contributed by atoms with E-state index in [4.69, 9.17) is 0 Å². The van der Waals surface area contributed by atoms with Crippen molar-refractivity contribution in [2.45, 2.75) is 39.5 Å². The van der Waals surface area contributed by atoms with E-state index in [2.05, 4.69) is 51.1 Å². The molecule has 0 amide bonds. The van der Waals surface area contributed by atoms with Gasteiger partial charge in [0, 0.05) is 37.2 Å². The molecule has 0 aromatic heterocycles. The maximum Gasteiger partial charge on any atom is 0 e. The van der Waals surface area contributed by atoms with Crippen LogP contribution >= 0.6 is 37.2 Å². The second kappa shape index (κ2) is 7.13. The van der Waals surface area contributed by atoms with E-state index in [1.54, 1.807) is 0 Å². The second-order valence-electron chi connectivity index (χ2n) is 3.19. The molecule has 10 heavy (non-hydrogen) atoms. The van der Waals surface area contributed by atoms with Gasteiger partial charge >= 0.3 is 0 Å². The predicted octanol–water partition coefficient (Wildman–Crippen LogP) is 4.60. The van der Waals surface area contributed by atoms with Crippen LogP contribution in [0.5, 0.6) is 0 Å². The smallest absolute Gasteiger partial charge is 0 e. The summed E-state index contributed by atoms with van der Waals surface area (Å²) in [6, 6.07) is 0. The summed E-state index contributed by atoms with van der Waals surface area (Å²) in [6.45, 7) is 4.68.